The highest BCUT2D eigenvalue weighted by molar-refractivity contribution is 9.10. The Morgan fingerprint density at radius 2 is 2.19 bits per heavy atom. The highest BCUT2D eigenvalue weighted by Gasteiger charge is 2.16. The monoisotopic (exact) mass is 279 g/mol. The molecule has 16 heavy (non-hydrogen) atoms. The van der Waals surface area contributed by atoms with Crippen molar-refractivity contribution in [1.82, 2.24) is 0 Å². The van der Waals surface area contributed by atoms with Gasteiger partial charge in [0.2, 0.25) is 0 Å². The van der Waals surface area contributed by atoms with Crippen molar-refractivity contribution in [1.29, 1.82) is 0 Å². The molecule has 1 aromatic carbocycles. The van der Waals surface area contributed by atoms with Crippen LogP contribution in [0.15, 0.2) is 34.4 Å². The average Bonchev–Trinajstić information content (AvgIpc) is 2.66. The second kappa shape index (κ2) is 4.83. The normalized spacial score (nSPS) is 18.1. The summed E-state index contributed by atoms with van der Waals surface area (Å²) in [6.45, 7) is 2.04. The summed E-state index contributed by atoms with van der Waals surface area (Å²) >= 11 is 3.46. The van der Waals surface area contributed by atoms with Crippen LogP contribution in [0.3, 0.4) is 0 Å². The van der Waals surface area contributed by atoms with Crippen molar-refractivity contribution in [3.63, 3.8) is 0 Å². The third-order valence-electron chi connectivity index (χ3n) is 2.78. The molecule has 0 radical (unpaired) electrons. The molecule has 0 bridgehead atoms. The molecule has 1 N–H and O–H groups in total. The molecule has 1 aliphatic rings. The van der Waals surface area contributed by atoms with Gasteiger partial charge in [-0.15, -0.1) is 0 Å². The minimum atomic E-state index is 0.279. The van der Waals surface area contributed by atoms with Gasteiger partial charge in [-0.05, 0) is 43.5 Å². The van der Waals surface area contributed by atoms with Gasteiger partial charge in [-0.25, -0.2) is 0 Å². The molecule has 3 heteroatoms. The van der Waals surface area contributed by atoms with E-state index in [2.05, 4.69) is 27.3 Å². The first-order valence-corrected chi connectivity index (χ1v) is 6.21. The highest BCUT2D eigenvalue weighted by atomic mass is 79.9. The van der Waals surface area contributed by atoms with Gasteiger partial charge >= 0.3 is 0 Å². The number of hydrogen-bond donors (Lipinski definition) is 1. The summed E-state index contributed by atoms with van der Waals surface area (Å²) in [6, 6.07) is 6.06. The van der Waals surface area contributed by atoms with Crippen molar-refractivity contribution in [2.75, 3.05) is 5.32 Å². The average molecular weight is 280 g/mol. The summed E-state index contributed by atoms with van der Waals surface area (Å²) in [7, 11) is 0. The molecule has 1 saturated carbocycles. The fourth-order valence-corrected chi connectivity index (χ4v) is 2.04. The molecule has 0 aromatic heterocycles. The van der Waals surface area contributed by atoms with Crippen molar-refractivity contribution in [3.8, 4) is 0 Å². The summed E-state index contributed by atoms with van der Waals surface area (Å²) < 4.78 is 1.10. The Morgan fingerprint density at radius 3 is 2.81 bits per heavy atom. The predicted octanol–water partition coefficient (Wildman–Crippen LogP) is 3.81. The van der Waals surface area contributed by atoms with E-state index in [-0.39, 0.29) is 5.78 Å². The quantitative estimate of drug-likeness (QED) is 0.835. The second-order valence-corrected chi connectivity index (χ2v) is 4.91. The van der Waals surface area contributed by atoms with Gasteiger partial charge < -0.3 is 5.32 Å². The van der Waals surface area contributed by atoms with Crippen molar-refractivity contribution in [2.24, 2.45) is 0 Å². The fraction of sp³-hybridized carbons (Fsp3) is 0.308. The maximum absolute atomic E-state index is 11.4. The van der Waals surface area contributed by atoms with Gasteiger partial charge in [-0.1, -0.05) is 15.9 Å². The molecular formula is C13H14BrNO. The second-order valence-electron chi connectivity index (χ2n) is 4.05. The van der Waals surface area contributed by atoms with E-state index in [0.29, 0.717) is 6.42 Å². The molecule has 1 aliphatic carbocycles. The smallest absolute Gasteiger partial charge is 0.160 e. The van der Waals surface area contributed by atoms with E-state index in [1.807, 2.05) is 25.3 Å². The van der Waals surface area contributed by atoms with E-state index in [4.69, 9.17) is 0 Å². The van der Waals surface area contributed by atoms with Crippen LogP contribution in [0.1, 0.15) is 24.8 Å². The van der Waals surface area contributed by atoms with Gasteiger partial charge in [-0.2, -0.15) is 0 Å². The van der Waals surface area contributed by atoms with Crippen LogP contribution in [-0.2, 0) is 4.79 Å². The number of allylic oxidation sites excluding steroid dienone is 1. The lowest BCUT2D eigenvalue weighted by Crippen LogP contribution is -1.96. The molecular weight excluding hydrogens is 266 g/mol. The van der Waals surface area contributed by atoms with Crippen molar-refractivity contribution in [3.05, 3.63) is 40.0 Å². The van der Waals surface area contributed by atoms with E-state index in [1.54, 1.807) is 0 Å². The Kier molecular flexibility index (Phi) is 3.44. The SMILES string of the molecule is Cc1cc(NC=C2CCCC2=O)ccc1Br. The van der Waals surface area contributed by atoms with Gasteiger partial charge in [0.1, 0.15) is 0 Å². The number of carbonyl (C=O) groups excluding carboxylic acids is 1. The highest BCUT2D eigenvalue weighted by Crippen LogP contribution is 2.22. The number of carbonyl (C=O) groups is 1. The standard InChI is InChI=1S/C13H14BrNO/c1-9-7-11(5-6-12(9)14)15-8-10-3-2-4-13(10)16/h5-8,15H,2-4H2,1H3. The predicted molar refractivity (Wildman–Crippen MR) is 69.4 cm³/mol. The number of benzene rings is 1. The lowest BCUT2D eigenvalue weighted by atomic mass is 10.2. The number of ketones is 1. The lowest BCUT2D eigenvalue weighted by Gasteiger charge is -2.04. The van der Waals surface area contributed by atoms with Crippen LogP contribution in [0.4, 0.5) is 5.69 Å². The zero-order valence-corrected chi connectivity index (χ0v) is 10.8. The molecule has 0 saturated heterocycles. The molecule has 0 spiro atoms. The maximum atomic E-state index is 11.4. The first-order valence-electron chi connectivity index (χ1n) is 5.42. The largest absolute Gasteiger partial charge is 0.361 e. The van der Waals surface area contributed by atoms with Gasteiger partial charge in [0.25, 0.3) is 0 Å². The molecule has 0 unspecified atom stereocenters. The summed E-state index contributed by atoms with van der Waals surface area (Å²) in [6.07, 6.45) is 4.44. The summed E-state index contributed by atoms with van der Waals surface area (Å²) in [5.41, 5.74) is 3.12. The summed E-state index contributed by atoms with van der Waals surface area (Å²) in [4.78, 5) is 11.4. The minimum absolute atomic E-state index is 0.279. The van der Waals surface area contributed by atoms with Gasteiger partial charge in [0.15, 0.2) is 5.78 Å². The maximum Gasteiger partial charge on any atom is 0.160 e. The Balaban J connectivity index is 2.09. The van der Waals surface area contributed by atoms with Crippen LogP contribution in [-0.4, -0.2) is 5.78 Å². The number of hydrogen-bond acceptors (Lipinski definition) is 2. The molecule has 0 aliphatic heterocycles. The van der Waals surface area contributed by atoms with E-state index < -0.39 is 0 Å². The molecule has 2 nitrogen and oxygen atoms in total. The number of nitrogens with one attached hydrogen (secondary N) is 1. The van der Waals surface area contributed by atoms with E-state index >= 15 is 0 Å². The molecule has 2 rings (SSSR count). The zero-order chi connectivity index (χ0) is 11.5. The van der Waals surface area contributed by atoms with Gasteiger partial charge in [0, 0.05) is 28.4 Å². The summed E-state index contributed by atoms with van der Waals surface area (Å²) in [5.74, 6) is 0.279. The van der Waals surface area contributed by atoms with Gasteiger partial charge in [0.05, 0.1) is 0 Å². The minimum Gasteiger partial charge on any atom is -0.361 e. The van der Waals surface area contributed by atoms with Crippen LogP contribution in [0.5, 0.6) is 0 Å². The van der Waals surface area contributed by atoms with Crippen LogP contribution in [0.25, 0.3) is 0 Å². The van der Waals surface area contributed by atoms with Crippen LogP contribution in [0.2, 0.25) is 0 Å². The Morgan fingerprint density at radius 1 is 1.38 bits per heavy atom. The van der Waals surface area contributed by atoms with Crippen LogP contribution >= 0.6 is 15.9 Å². The molecule has 0 atom stereocenters. The molecule has 1 fully saturated rings. The topological polar surface area (TPSA) is 29.1 Å². The van der Waals surface area contributed by atoms with Crippen LogP contribution < -0.4 is 5.32 Å². The number of anilines is 1. The Bertz CT molecular complexity index is 451. The van der Waals surface area contributed by atoms with Crippen molar-refractivity contribution < 1.29 is 4.79 Å². The van der Waals surface area contributed by atoms with E-state index in [9.17, 15) is 4.79 Å². The Labute approximate surface area is 104 Å². The molecule has 0 heterocycles. The lowest BCUT2D eigenvalue weighted by molar-refractivity contribution is -0.114. The third-order valence-corrected chi connectivity index (χ3v) is 3.67. The van der Waals surface area contributed by atoms with E-state index in [0.717, 1.165) is 28.6 Å². The van der Waals surface area contributed by atoms with Crippen LogP contribution in [0, 0.1) is 6.92 Å². The number of rotatable bonds is 2. The third kappa shape index (κ3) is 2.53. The Hall–Kier alpha value is -1.09. The zero-order valence-electron chi connectivity index (χ0n) is 9.22. The number of Topliss-reactive ketones (excluding diaryl/α,β-unsaturated/α-hetero) is 1. The fourth-order valence-electron chi connectivity index (χ4n) is 1.80. The first-order chi connectivity index (χ1) is 7.66. The summed E-state index contributed by atoms with van der Waals surface area (Å²) in [5, 5.41) is 3.18. The number of halogens is 1. The molecule has 1 aromatic rings. The molecule has 0 amide bonds. The van der Waals surface area contributed by atoms with Crippen molar-refractivity contribution in [2.45, 2.75) is 26.2 Å². The van der Waals surface area contributed by atoms with Crippen molar-refractivity contribution >= 4 is 27.4 Å². The molecule has 84 valence electrons. The van der Waals surface area contributed by atoms with E-state index in [1.165, 1.54) is 5.56 Å². The number of aryl methyl sites for hydroxylation is 1. The van der Waals surface area contributed by atoms with Gasteiger partial charge in [-0.3, -0.25) is 4.79 Å². The first kappa shape index (κ1) is 11.4.